The van der Waals surface area contributed by atoms with Crippen LogP contribution in [-0.2, 0) is 6.54 Å². The monoisotopic (exact) mass is 303 g/mol. The Bertz CT molecular complexity index is 358. The van der Waals surface area contributed by atoms with Crippen LogP contribution in [0.3, 0.4) is 0 Å². The summed E-state index contributed by atoms with van der Waals surface area (Å²) in [5.74, 6) is 1.54. The Morgan fingerprint density at radius 1 is 1.29 bits per heavy atom. The quantitative estimate of drug-likeness (QED) is 0.756. The Kier molecular flexibility index (Phi) is 6.32. The first-order chi connectivity index (χ1) is 8.22. The Labute approximate surface area is 110 Å². The highest BCUT2D eigenvalue weighted by Gasteiger charge is 2.09. The predicted molar refractivity (Wildman–Crippen MR) is 70.7 cm³/mol. The first-order valence-electron chi connectivity index (χ1n) is 5.45. The zero-order valence-corrected chi connectivity index (χ0v) is 11.7. The largest absolute Gasteiger partial charge is 0.497 e. The van der Waals surface area contributed by atoms with Crippen LogP contribution in [0.4, 0.5) is 0 Å². The molecule has 0 spiro atoms. The molecule has 0 aromatic heterocycles. The molecular weight excluding hydrogens is 286 g/mol. The first kappa shape index (κ1) is 14.3. The number of hydrogen-bond acceptors (Lipinski definition) is 4. The predicted octanol–water partition coefficient (Wildman–Crippen LogP) is 1.94. The van der Waals surface area contributed by atoms with Crippen molar-refractivity contribution in [2.24, 2.45) is 0 Å². The maximum Gasteiger partial charge on any atom is 0.128 e. The van der Waals surface area contributed by atoms with E-state index >= 15 is 0 Å². The van der Waals surface area contributed by atoms with E-state index in [1.165, 1.54) is 0 Å². The SMILES string of the molecule is COc1cc(Br)c(CNCCCO)c(OC)c1. The van der Waals surface area contributed by atoms with Crippen molar-refractivity contribution in [1.29, 1.82) is 0 Å². The molecule has 0 bridgehead atoms. The van der Waals surface area contributed by atoms with Crippen molar-refractivity contribution in [1.82, 2.24) is 5.32 Å². The zero-order valence-electron chi connectivity index (χ0n) is 10.1. The van der Waals surface area contributed by atoms with Crippen LogP contribution in [0.5, 0.6) is 11.5 Å². The number of benzene rings is 1. The molecule has 0 unspecified atom stereocenters. The highest BCUT2D eigenvalue weighted by atomic mass is 79.9. The molecule has 1 rings (SSSR count). The number of nitrogens with one attached hydrogen (secondary N) is 1. The van der Waals surface area contributed by atoms with E-state index in [9.17, 15) is 0 Å². The van der Waals surface area contributed by atoms with Crippen LogP contribution >= 0.6 is 15.9 Å². The molecule has 0 fully saturated rings. The summed E-state index contributed by atoms with van der Waals surface area (Å²) in [5.41, 5.74) is 1.05. The van der Waals surface area contributed by atoms with Gasteiger partial charge in [-0.15, -0.1) is 0 Å². The number of rotatable bonds is 7. The molecule has 96 valence electrons. The normalized spacial score (nSPS) is 10.4. The van der Waals surface area contributed by atoms with Gasteiger partial charge in [0.05, 0.1) is 14.2 Å². The van der Waals surface area contributed by atoms with Gasteiger partial charge in [-0.2, -0.15) is 0 Å². The number of aliphatic hydroxyl groups is 1. The number of methoxy groups -OCH3 is 2. The van der Waals surface area contributed by atoms with E-state index < -0.39 is 0 Å². The average molecular weight is 304 g/mol. The smallest absolute Gasteiger partial charge is 0.128 e. The standard InChI is InChI=1S/C12H18BrNO3/c1-16-9-6-11(13)10(12(7-9)17-2)8-14-4-3-5-15/h6-7,14-15H,3-5,8H2,1-2H3. The van der Waals surface area contributed by atoms with E-state index in [4.69, 9.17) is 14.6 Å². The summed E-state index contributed by atoms with van der Waals surface area (Å²) in [5, 5.41) is 11.9. The second kappa shape index (κ2) is 7.53. The summed E-state index contributed by atoms with van der Waals surface area (Å²) in [7, 11) is 3.26. The molecule has 0 aliphatic carbocycles. The molecule has 0 radical (unpaired) electrons. The number of ether oxygens (including phenoxy) is 2. The van der Waals surface area contributed by atoms with E-state index in [1.807, 2.05) is 12.1 Å². The van der Waals surface area contributed by atoms with E-state index in [2.05, 4.69) is 21.2 Å². The lowest BCUT2D eigenvalue weighted by molar-refractivity contribution is 0.286. The van der Waals surface area contributed by atoms with Crippen LogP contribution in [0.15, 0.2) is 16.6 Å². The fourth-order valence-electron chi connectivity index (χ4n) is 1.48. The lowest BCUT2D eigenvalue weighted by atomic mass is 10.2. The maximum atomic E-state index is 8.70. The summed E-state index contributed by atoms with van der Waals surface area (Å²) in [6.45, 7) is 1.67. The molecule has 5 heteroatoms. The van der Waals surface area contributed by atoms with Gasteiger partial charge < -0.3 is 19.9 Å². The summed E-state index contributed by atoms with van der Waals surface area (Å²) < 4.78 is 11.4. The van der Waals surface area contributed by atoms with Crippen LogP contribution in [0.25, 0.3) is 0 Å². The average Bonchev–Trinajstić information content (AvgIpc) is 2.35. The molecule has 0 aliphatic heterocycles. The minimum absolute atomic E-state index is 0.202. The fraction of sp³-hybridized carbons (Fsp3) is 0.500. The van der Waals surface area contributed by atoms with Crippen LogP contribution in [0.1, 0.15) is 12.0 Å². The molecule has 2 N–H and O–H groups in total. The maximum absolute atomic E-state index is 8.70. The van der Waals surface area contributed by atoms with Gasteiger partial charge in [-0.3, -0.25) is 0 Å². The molecule has 1 aromatic carbocycles. The van der Waals surface area contributed by atoms with Crippen LogP contribution in [0, 0.1) is 0 Å². The molecule has 4 nitrogen and oxygen atoms in total. The zero-order chi connectivity index (χ0) is 12.7. The van der Waals surface area contributed by atoms with Crippen LogP contribution in [-0.4, -0.2) is 32.5 Å². The van der Waals surface area contributed by atoms with Crippen molar-refractivity contribution in [3.63, 3.8) is 0 Å². The van der Waals surface area contributed by atoms with Gasteiger partial charge >= 0.3 is 0 Å². The first-order valence-corrected chi connectivity index (χ1v) is 6.24. The van der Waals surface area contributed by atoms with Crippen LogP contribution < -0.4 is 14.8 Å². The third-order valence-corrected chi connectivity index (χ3v) is 3.10. The van der Waals surface area contributed by atoms with Gasteiger partial charge in [0.1, 0.15) is 11.5 Å². The second-order valence-electron chi connectivity index (χ2n) is 3.54. The molecule has 0 heterocycles. The lowest BCUT2D eigenvalue weighted by Gasteiger charge is -2.13. The van der Waals surface area contributed by atoms with Gasteiger partial charge in [-0.05, 0) is 19.0 Å². The van der Waals surface area contributed by atoms with E-state index in [0.29, 0.717) is 6.54 Å². The molecule has 0 atom stereocenters. The van der Waals surface area contributed by atoms with Crippen molar-refractivity contribution in [3.8, 4) is 11.5 Å². The minimum atomic E-state index is 0.202. The Morgan fingerprint density at radius 3 is 2.65 bits per heavy atom. The molecule has 17 heavy (non-hydrogen) atoms. The molecule has 0 saturated carbocycles. The van der Waals surface area contributed by atoms with Gasteiger partial charge in [-0.1, -0.05) is 15.9 Å². The molecule has 0 aliphatic rings. The third-order valence-electron chi connectivity index (χ3n) is 2.40. The summed E-state index contributed by atoms with van der Waals surface area (Å²) in [6.07, 6.45) is 0.746. The van der Waals surface area contributed by atoms with Crippen LogP contribution in [0.2, 0.25) is 0 Å². The third kappa shape index (κ3) is 4.18. The van der Waals surface area contributed by atoms with Gasteiger partial charge in [0, 0.05) is 29.3 Å². The summed E-state index contributed by atoms with van der Waals surface area (Å²) in [6, 6.07) is 3.76. The van der Waals surface area contributed by atoms with Crippen molar-refractivity contribution < 1.29 is 14.6 Å². The minimum Gasteiger partial charge on any atom is -0.497 e. The summed E-state index contributed by atoms with van der Waals surface area (Å²) >= 11 is 3.50. The van der Waals surface area contributed by atoms with Gasteiger partial charge in [0.15, 0.2) is 0 Å². The summed E-state index contributed by atoms with van der Waals surface area (Å²) in [4.78, 5) is 0. The van der Waals surface area contributed by atoms with Gasteiger partial charge in [0.2, 0.25) is 0 Å². The Morgan fingerprint density at radius 2 is 2.06 bits per heavy atom. The molecule has 0 saturated heterocycles. The van der Waals surface area contributed by atoms with Gasteiger partial charge in [-0.25, -0.2) is 0 Å². The molecule has 0 amide bonds. The Hall–Kier alpha value is -0.780. The highest BCUT2D eigenvalue weighted by Crippen LogP contribution is 2.32. The van der Waals surface area contributed by atoms with Crippen molar-refractivity contribution in [2.45, 2.75) is 13.0 Å². The van der Waals surface area contributed by atoms with Crippen molar-refractivity contribution >= 4 is 15.9 Å². The Balaban J connectivity index is 2.75. The fourth-order valence-corrected chi connectivity index (χ4v) is 2.04. The van der Waals surface area contributed by atoms with Crippen molar-refractivity contribution in [2.75, 3.05) is 27.4 Å². The number of aliphatic hydroxyl groups excluding tert-OH is 1. The molecular formula is C12H18BrNO3. The topological polar surface area (TPSA) is 50.7 Å². The highest BCUT2D eigenvalue weighted by molar-refractivity contribution is 9.10. The van der Waals surface area contributed by atoms with Crippen molar-refractivity contribution in [3.05, 3.63) is 22.2 Å². The number of hydrogen-bond donors (Lipinski definition) is 2. The molecule has 1 aromatic rings. The van der Waals surface area contributed by atoms with Gasteiger partial charge in [0.25, 0.3) is 0 Å². The lowest BCUT2D eigenvalue weighted by Crippen LogP contribution is -2.16. The second-order valence-corrected chi connectivity index (χ2v) is 4.40. The van der Waals surface area contributed by atoms with E-state index in [-0.39, 0.29) is 6.61 Å². The van der Waals surface area contributed by atoms with E-state index in [1.54, 1.807) is 14.2 Å². The van der Waals surface area contributed by atoms with E-state index in [0.717, 1.165) is 34.5 Å². The number of halogens is 1.